The fourth-order valence-corrected chi connectivity index (χ4v) is 4.61. The molecule has 128 valence electrons. The SMILES string of the molecule is Nc1ccccc1-c1cc2c(c3c1[nH]c1ccccc13)-c1ccccc1C2. The summed E-state index contributed by atoms with van der Waals surface area (Å²) in [6, 6.07) is 27.8. The quantitative estimate of drug-likeness (QED) is 0.345. The highest BCUT2D eigenvalue weighted by molar-refractivity contribution is 6.20. The third-order valence-electron chi connectivity index (χ3n) is 5.78. The highest BCUT2D eigenvalue weighted by Crippen LogP contribution is 2.47. The van der Waals surface area contributed by atoms with Crippen LogP contribution in [0.3, 0.4) is 0 Å². The molecule has 1 aliphatic rings. The topological polar surface area (TPSA) is 41.8 Å². The van der Waals surface area contributed by atoms with E-state index in [-0.39, 0.29) is 0 Å². The third-order valence-corrected chi connectivity index (χ3v) is 5.78. The zero-order valence-electron chi connectivity index (χ0n) is 14.8. The van der Waals surface area contributed by atoms with Crippen molar-refractivity contribution in [3.05, 3.63) is 90.0 Å². The van der Waals surface area contributed by atoms with E-state index in [0.717, 1.165) is 17.7 Å². The number of nitrogen functional groups attached to an aromatic ring is 1. The van der Waals surface area contributed by atoms with Gasteiger partial charge in [-0.3, -0.25) is 0 Å². The molecule has 3 N–H and O–H groups in total. The number of para-hydroxylation sites is 2. The van der Waals surface area contributed by atoms with Gasteiger partial charge in [0.15, 0.2) is 0 Å². The molecule has 0 atom stereocenters. The lowest BCUT2D eigenvalue weighted by Gasteiger charge is -2.12. The van der Waals surface area contributed by atoms with Gasteiger partial charge in [0, 0.05) is 33.1 Å². The average Bonchev–Trinajstić information content (AvgIpc) is 3.25. The summed E-state index contributed by atoms with van der Waals surface area (Å²) in [5.41, 5.74) is 17.3. The molecule has 0 amide bonds. The van der Waals surface area contributed by atoms with Crippen LogP contribution in [0.4, 0.5) is 5.69 Å². The Hall–Kier alpha value is -3.52. The molecule has 1 heterocycles. The predicted molar refractivity (Wildman–Crippen MR) is 114 cm³/mol. The largest absolute Gasteiger partial charge is 0.398 e. The number of H-pyrrole nitrogens is 1. The van der Waals surface area contributed by atoms with Crippen LogP contribution in [0.15, 0.2) is 78.9 Å². The number of benzene rings is 4. The van der Waals surface area contributed by atoms with Crippen LogP contribution in [0.5, 0.6) is 0 Å². The smallest absolute Gasteiger partial charge is 0.0551 e. The summed E-state index contributed by atoms with van der Waals surface area (Å²) in [4.78, 5) is 3.68. The number of nitrogens with one attached hydrogen (secondary N) is 1. The lowest BCUT2D eigenvalue weighted by molar-refractivity contribution is 1.27. The molecule has 4 aromatic carbocycles. The molecule has 0 spiro atoms. The molecule has 0 bridgehead atoms. The monoisotopic (exact) mass is 346 g/mol. The van der Waals surface area contributed by atoms with Gasteiger partial charge in [0.2, 0.25) is 0 Å². The second kappa shape index (κ2) is 5.24. The predicted octanol–water partition coefficient (Wildman–Crippen LogP) is 6.14. The van der Waals surface area contributed by atoms with Crippen LogP contribution >= 0.6 is 0 Å². The van der Waals surface area contributed by atoms with Gasteiger partial charge in [-0.05, 0) is 46.9 Å². The minimum Gasteiger partial charge on any atom is -0.398 e. The van der Waals surface area contributed by atoms with Gasteiger partial charge in [-0.1, -0.05) is 60.7 Å². The molecule has 0 aliphatic heterocycles. The standard InChI is InChI=1S/C25H18N2/c26-21-11-5-3-9-18(21)20-14-16-13-15-7-1-2-8-17(15)23(16)24-19-10-4-6-12-22(19)27-25(20)24/h1-12,14,27H,13,26H2. The summed E-state index contributed by atoms with van der Waals surface area (Å²) in [7, 11) is 0. The van der Waals surface area contributed by atoms with Crippen molar-refractivity contribution in [2.45, 2.75) is 6.42 Å². The molecule has 0 unspecified atom stereocenters. The summed E-state index contributed by atoms with van der Waals surface area (Å²) in [6.45, 7) is 0. The van der Waals surface area contributed by atoms with Crippen molar-refractivity contribution in [3.8, 4) is 22.3 Å². The number of aromatic nitrogens is 1. The van der Waals surface area contributed by atoms with Crippen molar-refractivity contribution in [1.29, 1.82) is 0 Å². The minimum absolute atomic E-state index is 0.813. The van der Waals surface area contributed by atoms with Crippen molar-refractivity contribution >= 4 is 27.5 Å². The van der Waals surface area contributed by atoms with Crippen molar-refractivity contribution in [2.24, 2.45) is 0 Å². The Morgan fingerprint density at radius 1 is 0.704 bits per heavy atom. The lowest BCUT2D eigenvalue weighted by atomic mass is 9.93. The maximum atomic E-state index is 6.35. The zero-order valence-corrected chi connectivity index (χ0v) is 14.8. The summed E-state index contributed by atoms with van der Waals surface area (Å²) < 4.78 is 0. The average molecular weight is 346 g/mol. The van der Waals surface area contributed by atoms with E-state index < -0.39 is 0 Å². The van der Waals surface area contributed by atoms with Crippen LogP contribution in [0.25, 0.3) is 44.1 Å². The Kier molecular flexibility index (Phi) is 2.84. The summed E-state index contributed by atoms with van der Waals surface area (Å²) in [6.07, 6.45) is 0.973. The molecule has 5 aromatic rings. The lowest BCUT2D eigenvalue weighted by Crippen LogP contribution is -1.92. The first-order valence-electron chi connectivity index (χ1n) is 9.31. The highest BCUT2D eigenvalue weighted by Gasteiger charge is 2.25. The number of hydrogen-bond acceptors (Lipinski definition) is 1. The summed E-state index contributed by atoms with van der Waals surface area (Å²) >= 11 is 0. The Morgan fingerprint density at radius 2 is 1.44 bits per heavy atom. The number of hydrogen-bond donors (Lipinski definition) is 2. The number of anilines is 1. The van der Waals surface area contributed by atoms with Crippen molar-refractivity contribution < 1.29 is 0 Å². The van der Waals surface area contributed by atoms with E-state index in [2.05, 4.69) is 71.7 Å². The van der Waals surface area contributed by atoms with Gasteiger partial charge in [-0.2, -0.15) is 0 Å². The van der Waals surface area contributed by atoms with Gasteiger partial charge in [-0.25, -0.2) is 0 Å². The number of fused-ring (bicyclic) bond motifs is 7. The first-order chi connectivity index (χ1) is 13.3. The Balaban J connectivity index is 1.82. The third kappa shape index (κ3) is 1.95. The molecule has 1 aliphatic carbocycles. The van der Waals surface area contributed by atoms with Crippen LogP contribution < -0.4 is 5.73 Å². The maximum absolute atomic E-state index is 6.35. The number of nitrogens with two attached hydrogens (primary N) is 1. The fraction of sp³-hybridized carbons (Fsp3) is 0.0400. The molecule has 2 heteroatoms. The van der Waals surface area contributed by atoms with Gasteiger partial charge < -0.3 is 10.7 Å². The maximum Gasteiger partial charge on any atom is 0.0551 e. The first-order valence-corrected chi connectivity index (χ1v) is 9.31. The van der Waals surface area contributed by atoms with E-state index in [9.17, 15) is 0 Å². The van der Waals surface area contributed by atoms with E-state index in [1.165, 1.54) is 49.6 Å². The van der Waals surface area contributed by atoms with E-state index in [1.54, 1.807) is 0 Å². The molecular weight excluding hydrogens is 328 g/mol. The zero-order chi connectivity index (χ0) is 18.0. The molecular formula is C25H18N2. The van der Waals surface area contributed by atoms with Crippen molar-refractivity contribution in [3.63, 3.8) is 0 Å². The van der Waals surface area contributed by atoms with Crippen LogP contribution in [-0.4, -0.2) is 4.98 Å². The Bertz CT molecular complexity index is 1360. The van der Waals surface area contributed by atoms with Crippen LogP contribution in [0.2, 0.25) is 0 Å². The number of rotatable bonds is 1. The normalized spacial score (nSPS) is 12.4. The second-order valence-electron chi connectivity index (χ2n) is 7.30. The minimum atomic E-state index is 0.813. The molecule has 0 saturated carbocycles. The molecule has 27 heavy (non-hydrogen) atoms. The second-order valence-corrected chi connectivity index (χ2v) is 7.30. The van der Waals surface area contributed by atoms with E-state index in [4.69, 9.17) is 5.73 Å². The van der Waals surface area contributed by atoms with Gasteiger partial charge in [0.25, 0.3) is 0 Å². The Morgan fingerprint density at radius 3 is 2.33 bits per heavy atom. The fourth-order valence-electron chi connectivity index (χ4n) is 4.61. The van der Waals surface area contributed by atoms with Crippen LogP contribution in [0.1, 0.15) is 11.1 Å². The van der Waals surface area contributed by atoms with E-state index in [1.807, 2.05) is 12.1 Å². The number of aromatic amines is 1. The van der Waals surface area contributed by atoms with Crippen molar-refractivity contribution in [2.75, 3.05) is 5.73 Å². The molecule has 0 radical (unpaired) electrons. The van der Waals surface area contributed by atoms with Crippen LogP contribution in [0, 0.1) is 0 Å². The molecule has 2 nitrogen and oxygen atoms in total. The summed E-state index contributed by atoms with van der Waals surface area (Å²) in [5.74, 6) is 0. The summed E-state index contributed by atoms with van der Waals surface area (Å²) in [5, 5.41) is 2.59. The van der Waals surface area contributed by atoms with Crippen LogP contribution in [-0.2, 0) is 6.42 Å². The Labute approximate surface area is 157 Å². The molecule has 0 fully saturated rings. The first kappa shape index (κ1) is 14.6. The van der Waals surface area contributed by atoms with Gasteiger partial charge in [-0.15, -0.1) is 0 Å². The highest BCUT2D eigenvalue weighted by atomic mass is 14.7. The van der Waals surface area contributed by atoms with Gasteiger partial charge in [0.1, 0.15) is 0 Å². The molecule has 0 saturated heterocycles. The van der Waals surface area contributed by atoms with Gasteiger partial charge >= 0.3 is 0 Å². The van der Waals surface area contributed by atoms with Crippen molar-refractivity contribution in [1.82, 2.24) is 4.98 Å². The van der Waals surface area contributed by atoms with E-state index >= 15 is 0 Å². The molecule has 6 rings (SSSR count). The molecule has 1 aromatic heterocycles. The van der Waals surface area contributed by atoms with E-state index in [0.29, 0.717) is 0 Å². The van der Waals surface area contributed by atoms with Gasteiger partial charge in [0.05, 0.1) is 5.52 Å².